The Kier molecular flexibility index (Phi) is 6.77. The number of aromatic nitrogens is 1. The van der Waals surface area contributed by atoms with Gasteiger partial charge in [-0.15, -0.1) is 0 Å². The molecule has 2 atom stereocenters. The monoisotopic (exact) mass is 429 g/mol. The summed E-state index contributed by atoms with van der Waals surface area (Å²) in [6.07, 6.45) is 2.54. The van der Waals surface area contributed by atoms with E-state index in [1.54, 1.807) is 17.2 Å². The van der Waals surface area contributed by atoms with Crippen LogP contribution in [0.5, 0.6) is 0 Å². The lowest BCUT2D eigenvalue weighted by Gasteiger charge is -2.35. The summed E-state index contributed by atoms with van der Waals surface area (Å²) in [4.78, 5) is 30.0. The number of amides is 2. The fourth-order valence-electron chi connectivity index (χ4n) is 3.72. The first kappa shape index (κ1) is 21.8. The van der Waals surface area contributed by atoms with Crippen molar-refractivity contribution in [2.45, 2.75) is 33.2 Å². The molecule has 0 fully saturated rings. The molecule has 0 aliphatic carbocycles. The first-order chi connectivity index (χ1) is 14.4. The number of carbonyl (C=O) groups is 1. The molecule has 0 spiro atoms. The highest BCUT2D eigenvalue weighted by Gasteiger charge is 2.30. The first-order valence-electron chi connectivity index (χ1n) is 10.00. The molecule has 1 aromatic heterocycles. The molecule has 2 amide bonds. The summed E-state index contributed by atoms with van der Waals surface area (Å²) in [6.45, 7) is 6.50. The number of aromatic amines is 1. The number of benzene rings is 2. The van der Waals surface area contributed by atoms with Gasteiger partial charge in [0.15, 0.2) is 0 Å². The molecule has 3 rings (SSSR count). The van der Waals surface area contributed by atoms with Crippen LogP contribution in [0.15, 0.2) is 53.5 Å². The molecule has 5 nitrogen and oxygen atoms in total. The number of pyridine rings is 1. The zero-order valence-electron chi connectivity index (χ0n) is 17.2. The number of urea groups is 1. The predicted octanol–water partition coefficient (Wildman–Crippen LogP) is 5.96. The van der Waals surface area contributed by atoms with Gasteiger partial charge >= 0.3 is 6.03 Å². The lowest BCUT2D eigenvalue weighted by atomic mass is 9.89. The third-order valence-electron chi connectivity index (χ3n) is 5.45. The topological polar surface area (TPSA) is 65.2 Å². The van der Waals surface area contributed by atoms with E-state index in [0.717, 1.165) is 17.4 Å². The minimum absolute atomic E-state index is 0.0547. The third kappa shape index (κ3) is 4.33. The van der Waals surface area contributed by atoms with Crippen molar-refractivity contribution in [1.82, 2.24) is 9.88 Å². The molecule has 0 saturated heterocycles. The van der Waals surface area contributed by atoms with Gasteiger partial charge in [-0.2, -0.15) is 0 Å². The largest absolute Gasteiger partial charge is 0.328 e. The zero-order valence-corrected chi connectivity index (χ0v) is 18.0. The third-order valence-corrected chi connectivity index (χ3v) is 5.74. The summed E-state index contributed by atoms with van der Waals surface area (Å²) in [5.41, 5.74) is 1.14. The molecule has 0 bridgehead atoms. The number of carbonyl (C=O) groups excluding carboxylic acids is 1. The Morgan fingerprint density at radius 3 is 2.53 bits per heavy atom. The molecule has 158 valence electrons. The van der Waals surface area contributed by atoms with Crippen LogP contribution in [-0.4, -0.2) is 22.5 Å². The van der Waals surface area contributed by atoms with Crippen molar-refractivity contribution >= 4 is 34.1 Å². The Labute approximate surface area is 179 Å². The van der Waals surface area contributed by atoms with Crippen molar-refractivity contribution in [2.75, 3.05) is 11.9 Å². The fraction of sp³-hybridized carbons (Fsp3) is 0.304. The van der Waals surface area contributed by atoms with Crippen molar-refractivity contribution in [3.8, 4) is 0 Å². The van der Waals surface area contributed by atoms with Crippen LogP contribution in [0.1, 0.15) is 38.8 Å². The van der Waals surface area contributed by atoms with E-state index in [9.17, 15) is 14.0 Å². The van der Waals surface area contributed by atoms with Gasteiger partial charge in [-0.3, -0.25) is 4.79 Å². The molecule has 0 saturated carbocycles. The molecular formula is C23H25ClFN3O2. The van der Waals surface area contributed by atoms with Crippen molar-refractivity contribution in [3.05, 3.63) is 75.4 Å². The lowest BCUT2D eigenvalue weighted by Crippen LogP contribution is -2.41. The highest BCUT2D eigenvalue weighted by atomic mass is 35.5. The number of halogens is 2. The van der Waals surface area contributed by atoms with Gasteiger partial charge in [-0.25, -0.2) is 9.18 Å². The van der Waals surface area contributed by atoms with E-state index >= 15 is 0 Å². The number of hydrogen-bond acceptors (Lipinski definition) is 2. The Bertz CT molecular complexity index is 1120. The molecule has 0 aliphatic rings. The number of fused-ring (bicyclic) bond motifs is 1. The molecule has 3 aromatic rings. The Hall–Kier alpha value is -2.86. The molecule has 2 aromatic carbocycles. The first-order valence-corrected chi connectivity index (χ1v) is 10.4. The van der Waals surface area contributed by atoms with Crippen LogP contribution in [0.2, 0.25) is 5.02 Å². The summed E-state index contributed by atoms with van der Waals surface area (Å²) < 4.78 is 13.5. The van der Waals surface area contributed by atoms with Gasteiger partial charge in [0.25, 0.3) is 5.56 Å². The van der Waals surface area contributed by atoms with Crippen LogP contribution in [0.4, 0.5) is 14.9 Å². The van der Waals surface area contributed by atoms with Crippen LogP contribution in [0.3, 0.4) is 0 Å². The van der Waals surface area contributed by atoms with Crippen LogP contribution >= 0.6 is 11.6 Å². The second kappa shape index (κ2) is 9.30. The number of anilines is 1. The van der Waals surface area contributed by atoms with Crippen molar-refractivity contribution in [3.63, 3.8) is 0 Å². The van der Waals surface area contributed by atoms with Gasteiger partial charge in [0.1, 0.15) is 5.82 Å². The quantitative estimate of drug-likeness (QED) is 0.507. The van der Waals surface area contributed by atoms with Crippen molar-refractivity contribution in [1.29, 1.82) is 0 Å². The lowest BCUT2D eigenvalue weighted by molar-refractivity contribution is 0.166. The molecule has 2 unspecified atom stereocenters. The van der Waals surface area contributed by atoms with Crippen LogP contribution in [0, 0.1) is 11.7 Å². The average molecular weight is 430 g/mol. The second-order valence-electron chi connectivity index (χ2n) is 7.29. The molecule has 1 heterocycles. The van der Waals surface area contributed by atoms with E-state index in [2.05, 4.69) is 24.1 Å². The normalized spacial score (nSPS) is 13.1. The average Bonchev–Trinajstić information content (AvgIpc) is 2.75. The summed E-state index contributed by atoms with van der Waals surface area (Å²) in [5, 5.41) is 4.17. The Morgan fingerprint density at radius 1 is 1.20 bits per heavy atom. The second-order valence-corrected chi connectivity index (χ2v) is 7.70. The van der Waals surface area contributed by atoms with Gasteiger partial charge < -0.3 is 15.2 Å². The molecule has 0 aliphatic heterocycles. The van der Waals surface area contributed by atoms with Crippen LogP contribution < -0.4 is 10.9 Å². The molecule has 30 heavy (non-hydrogen) atoms. The van der Waals surface area contributed by atoms with Gasteiger partial charge in [0.05, 0.1) is 11.1 Å². The van der Waals surface area contributed by atoms with E-state index in [-0.39, 0.29) is 28.6 Å². The van der Waals surface area contributed by atoms with Crippen LogP contribution in [0.25, 0.3) is 10.8 Å². The number of H-pyrrole nitrogens is 1. The van der Waals surface area contributed by atoms with Gasteiger partial charge in [0.2, 0.25) is 0 Å². The summed E-state index contributed by atoms with van der Waals surface area (Å²) >= 11 is 5.85. The highest BCUT2D eigenvalue weighted by Crippen LogP contribution is 2.34. The van der Waals surface area contributed by atoms with Crippen molar-refractivity contribution in [2.24, 2.45) is 5.92 Å². The SMILES string of the molecule is CCC(C)C(c1c[nH]c(=O)c2ccccc12)N(CC)C(=O)Nc1ccc(F)c(Cl)c1. The standard InChI is InChI=1S/C23H25ClFN3O2/c1-4-14(3)21(18-13-26-22(29)17-9-7-6-8-16(17)18)28(5-2)23(30)27-15-10-11-20(25)19(24)12-15/h6-14,21H,4-5H2,1-3H3,(H,26,29)(H,27,30). The van der Waals surface area contributed by atoms with E-state index in [0.29, 0.717) is 17.6 Å². The number of nitrogens with one attached hydrogen (secondary N) is 2. The predicted molar refractivity (Wildman–Crippen MR) is 120 cm³/mol. The maximum Gasteiger partial charge on any atom is 0.322 e. The van der Waals surface area contributed by atoms with E-state index in [4.69, 9.17) is 11.6 Å². The zero-order chi connectivity index (χ0) is 21.8. The van der Waals surface area contributed by atoms with Crippen LogP contribution in [-0.2, 0) is 0 Å². The Morgan fingerprint density at radius 2 is 1.90 bits per heavy atom. The maximum absolute atomic E-state index is 13.5. The molecular weight excluding hydrogens is 405 g/mol. The minimum Gasteiger partial charge on any atom is -0.328 e. The van der Waals surface area contributed by atoms with E-state index < -0.39 is 5.82 Å². The number of rotatable bonds is 6. The van der Waals surface area contributed by atoms with Crippen molar-refractivity contribution < 1.29 is 9.18 Å². The van der Waals surface area contributed by atoms with Gasteiger partial charge in [-0.1, -0.05) is 50.1 Å². The maximum atomic E-state index is 13.5. The van der Waals surface area contributed by atoms with E-state index in [1.807, 2.05) is 25.1 Å². The summed E-state index contributed by atoms with van der Waals surface area (Å²) in [7, 11) is 0. The molecule has 0 radical (unpaired) electrons. The highest BCUT2D eigenvalue weighted by molar-refractivity contribution is 6.31. The van der Waals surface area contributed by atoms with Gasteiger partial charge in [0, 0.05) is 23.8 Å². The fourth-order valence-corrected chi connectivity index (χ4v) is 3.90. The molecule has 2 N–H and O–H groups in total. The summed E-state index contributed by atoms with van der Waals surface area (Å²) in [6, 6.07) is 10.9. The molecule has 7 heteroatoms. The Balaban J connectivity index is 2.03. The smallest absolute Gasteiger partial charge is 0.322 e. The van der Waals surface area contributed by atoms with E-state index in [1.165, 1.54) is 18.2 Å². The summed E-state index contributed by atoms with van der Waals surface area (Å²) in [5.74, 6) is -0.416. The number of hydrogen-bond donors (Lipinski definition) is 2. The number of nitrogens with zero attached hydrogens (tertiary/aromatic N) is 1. The van der Waals surface area contributed by atoms with Gasteiger partial charge in [-0.05, 0) is 48.1 Å². The minimum atomic E-state index is -0.542.